The molecule has 1 aromatic rings. The Kier molecular flexibility index (Phi) is 2.95. The summed E-state index contributed by atoms with van der Waals surface area (Å²) < 4.78 is 1.97. The molecule has 0 saturated heterocycles. The lowest BCUT2D eigenvalue weighted by molar-refractivity contribution is 0.566. The Morgan fingerprint density at radius 1 is 1.29 bits per heavy atom. The van der Waals surface area contributed by atoms with E-state index in [1.165, 1.54) is 0 Å². The zero-order valence-corrected chi connectivity index (χ0v) is 10.9. The fraction of sp³-hybridized carbons (Fsp3) is 0.800. The molecular formula is C10H21N3S. The number of aromatic nitrogens is 3. The van der Waals surface area contributed by atoms with Crippen molar-refractivity contribution in [2.45, 2.75) is 32.1 Å². The van der Waals surface area contributed by atoms with Crippen molar-refractivity contribution in [3.05, 3.63) is 11.9 Å². The number of rotatable bonds is 2. The van der Waals surface area contributed by atoms with Crippen LogP contribution in [-0.4, -0.2) is 33.8 Å². The molecule has 0 spiro atoms. The summed E-state index contributed by atoms with van der Waals surface area (Å²) in [6.07, 6.45) is 8.92. The van der Waals surface area contributed by atoms with E-state index in [0.29, 0.717) is 0 Å². The lowest BCUT2D eigenvalue weighted by Crippen LogP contribution is -2.11. The highest BCUT2D eigenvalue weighted by atomic mass is 32.3. The predicted molar refractivity (Wildman–Crippen MR) is 64.1 cm³/mol. The van der Waals surface area contributed by atoms with Crippen LogP contribution >= 0.6 is 10.0 Å². The molecule has 82 valence electrons. The molecule has 0 N–H and O–H groups in total. The molecule has 1 rings (SSSR count). The third kappa shape index (κ3) is 3.33. The van der Waals surface area contributed by atoms with Crippen LogP contribution < -0.4 is 0 Å². The summed E-state index contributed by atoms with van der Waals surface area (Å²) in [5.74, 6) is 0.996. The lowest BCUT2D eigenvalue weighted by Gasteiger charge is -2.24. The minimum absolute atomic E-state index is 0.103. The second-order valence-electron chi connectivity index (χ2n) is 5.61. The molecule has 0 unspecified atom stereocenters. The van der Waals surface area contributed by atoms with E-state index < -0.39 is 10.0 Å². The molecule has 0 aliphatic heterocycles. The quantitative estimate of drug-likeness (QED) is 0.757. The molecular weight excluding hydrogens is 194 g/mol. The van der Waals surface area contributed by atoms with E-state index in [0.717, 1.165) is 11.6 Å². The van der Waals surface area contributed by atoms with Crippen molar-refractivity contribution in [1.82, 2.24) is 15.0 Å². The molecule has 0 atom stereocenters. The van der Waals surface area contributed by atoms with Gasteiger partial charge in [0.25, 0.3) is 0 Å². The molecule has 14 heavy (non-hydrogen) atoms. The highest BCUT2D eigenvalue weighted by molar-refractivity contribution is 8.31. The summed E-state index contributed by atoms with van der Waals surface area (Å²) >= 11 is 0. The van der Waals surface area contributed by atoms with E-state index in [-0.39, 0.29) is 5.41 Å². The maximum atomic E-state index is 4.20. The topological polar surface area (TPSA) is 30.7 Å². The summed E-state index contributed by atoms with van der Waals surface area (Å²) in [5.41, 5.74) is 1.17. The van der Waals surface area contributed by atoms with Gasteiger partial charge >= 0.3 is 0 Å². The number of nitrogens with zero attached hydrogens (tertiary/aromatic N) is 3. The minimum atomic E-state index is -0.549. The van der Waals surface area contributed by atoms with Crippen LogP contribution in [-0.2, 0) is 11.3 Å². The van der Waals surface area contributed by atoms with Gasteiger partial charge in [-0.25, -0.2) is 14.7 Å². The first-order valence-corrected chi connectivity index (χ1v) is 7.78. The largest absolute Gasteiger partial charge is 0.244 e. The van der Waals surface area contributed by atoms with Crippen LogP contribution in [0.2, 0.25) is 0 Å². The van der Waals surface area contributed by atoms with Crippen molar-refractivity contribution in [2.75, 3.05) is 18.8 Å². The van der Waals surface area contributed by atoms with Crippen LogP contribution in [0.15, 0.2) is 6.20 Å². The molecule has 0 aliphatic carbocycles. The van der Waals surface area contributed by atoms with E-state index in [1.807, 2.05) is 4.68 Å². The first-order valence-electron chi connectivity index (χ1n) is 4.75. The van der Waals surface area contributed by atoms with Gasteiger partial charge in [-0.15, -0.1) is 5.10 Å². The van der Waals surface area contributed by atoms with Crippen molar-refractivity contribution in [3.8, 4) is 0 Å². The summed E-state index contributed by atoms with van der Waals surface area (Å²) in [5, 5.41) is 8.35. The fourth-order valence-corrected chi connectivity index (χ4v) is 2.02. The Labute approximate surface area is 88.2 Å². The molecule has 0 aliphatic rings. The van der Waals surface area contributed by atoms with Crippen LogP contribution in [0.3, 0.4) is 0 Å². The van der Waals surface area contributed by atoms with Gasteiger partial charge in [0.05, 0.1) is 11.6 Å². The maximum Gasteiger partial charge on any atom is 0.0880 e. The first-order chi connectivity index (χ1) is 6.18. The minimum Gasteiger partial charge on any atom is -0.244 e. The van der Waals surface area contributed by atoms with Gasteiger partial charge in [-0.1, -0.05) is 26.0 Å². The van der Waals surface area contributed by atoms with Gasteiger partial charge in [0.2, 0.25) is 0 Å². The third-order valence-corrected chi connectivity index (χ3v) is 2.87. The average Bonchev–Trinajstić information content (AvgIpc) is 2.29. The summed E-state index contributed by atoms with van der Waals surface area (Å²) in [7, 11) is -0.549. The van der Waals surface area contributed by atoms with E-state index in [4.69, 9.17) is 0 Å². The van der Waals surface area contributed by atoms with Crippen LogP contribution in [0.5, 0.6) is 0 Å². The molecule has 1 aromatic heterocycles. The standard InChI is InChI=1S/C10H21N3S/c1-10(2,3)9-7-13(12-11-9)8-14(4,5)6/h7H,8H2,1-6H3. The first kappa shape index (κ1) is 11.6. The maximum absolute atomic E-state index is 4.20. The Morgan fingerprint density at radius 3 is 2.21 bits per heavy atom. The van der Waals surface area contributed by atoms with Crippen molar-refractivity contribution < 1.29 is 0 Å². The monoisotopic (exact) mass is 215 g/mol. The predicted octanol–water partition coefficient (Wildman–Crippen LogP) is 2.23. The zero-order valence-electron chi connectivity index (χ0n) is 10.0. The van der Waals surface area contributed by atoms with E-state index in [9.17, 15) is 0 Å². The Balaban J connectivity index is 2.79. The normalized spacial score (nSPS) is 14.4. The zero-order chi connectivity index (χ0) is 11.0. The van der Waals surface area contributed by atoms with Gasteiger partial charge in [-0.2, -0.15) is 0 Å². The van der Waals surface area contributed by atoms with Gasteiger partial charge in [0.1, 0.15) is 0 Å². The van der Waals surface area contributed by atoms with Gasteiger partial charge in [-0.3, -0.25) is 0 Å². The molecule has 0 fully saturated rings. The van der Waals surface area contributed by atoms with Crippen LogP contribution in [0.4, 0.5) is 0 Å². The van der Waals surface area contributed by atoms with Gasteiger partial charge < -0.3 is 0 Å². The van der Waals surface area contributed by atoms with E-state index >= 15 is 0 Å². The smallest absolute Gasteiger partial charge is 0.0880 e. The molecule has 1 heterocycles. The van der Waals surface area contributed by atoms with Crippen molar-refractivity contribution in [3.63, 3.8) is 0 Å². The fourth-order valence-electron chi connectivity index (χ4n) is 1.10. The summed E-state index contributed by atoms with van der Waals surface area (Å²) in [6.45, 7) is 6.47. The molecule has 0 radical (unpaired) electrons. The van der Waals surface area contributed by atoms with Crippen molar-refractivity contribution in [1.29, 1.82) is 0 Å². The summed E-state index contributed by atoms with van der Waals surface area (Å²) in [6, 6.07) is 0. The second kappa shape index (κ2) is 3.57. The lowest BCUT2D eigenvalue weighted by atomic mass is 9.93. The van der Waals surface area contributed by atoms with Gasteiger partial charge in [-0.05, 0) is 18.8 Å². The Hall–Kier alpha value is -0.510. The van der Waals surface area contributed by atoms with Crippen molar-refractivity contribution in [2.24, 2.45) is 0 Å². The number of hydrogen-bond donors (Lipinski definition) is 0. The Bertz CT molecular complexity index is 304. The molecule has 0 amide bonds. The highest BCUT2D eigenvalue weighted by Gasteiger charge is 2.18. The second-order valence-corrected chi connectivity index (χ2v) is 10.1. The van der Waals surface area contributed by atoms with E-state index in [2.05, 4.69) is 56.0 Å². The Morgan fingerprint density at radius 2 is 1.86 bits per heavy atom. The average molecular weight is 215 g/mol. The third-order valence-electron chi connectivity index (χ3n) is 1.83. The van der Waals surface area contributed by atoms with Crippen LogP contribution in [0.1, 0.15) is 26.5 Å². The SMILES string of the molecule is CC(C)(C)c1cn(CS(C)(C)C)nn1. The van der Waals surface area contributed by atoms with E-state index in [1.54, 1.807) is 0 Å². The summed E-state index contributed by atoms with van der Waals surface area (Å²) in [4.78, 5) is 0. The van der Waals surface area contributed by atoms with Crippen LogP contribution in [0.25, 0.3) is 0 Å². The molecule has 0 aromatic carbocycles. The molecule has 0 saturated carbocycles. The highest BCUT2D eigenvalue weighted by Crippen LogP contribution is 2.36. The number of hydrogen-bond acceptors (Lipinski definition) is 2. The molecule has 3 nitrogen and oxygen atoms in total. The van der Waals surface area contributed by atoms with Crippen molar-refractivity contribution >= 4 is 10.0 Å². The van der Waals surface area contributed by atoms with Crippen LogP contribution in [0, 0.1) is 0 Å². The molecule has 4 heteroatoms. The molecule has 0 bridgehead atoms. The van der Waals surface area contributed by atoms with Gasteiger partial charge in [0.15, 0.2) is 0 Å². The van der Waals surface area contributed by atoms with Gasteiger partial charge in [0, 0.05) is 11.6 Å².